The van der Waals surface area contributed by atoms with E-state index in [1.54, 1.807) is 0 Å². The van der Waals surface area contributed by atoms with Crippen LogP contribution in [-0.4, -0.2) is 29.3 Å². The van der Waals surface area contributed by atoms with Gasteiger partial charge in [-0.3, -0.25) is 9.59 Å². The second kappa shape index (κ2) is 6.55. The van der Waals surface area contributed by atoms with Crippen LogP contribution in [0.1, 0.15) is 63.0 Å². The number of hydrogen-bond donors (Lipinski definition) is 1. The van der Waals surface area contributed by atoms with Crippen molar-refractivity contribution >= 4 is 11.8 Å². The average molecular weight is 304 g/mol. The van der Waals surface area contributed by atoms with Crippen molar-refractivity contribution in [1.82, 2.24) is 10.2 Å². The zero-order valence-electron chi connectivity index (χ0n) is 13.1. The van der Waals surface area contributed by atoms with Gasteiger partial charge in [0.25, 0.3) is 0 Å². The van der Waals surface area contributed by atoms with Crippen LogP contribution >= 0.6 is 0 Å². The number of amides is 2. The summed E-state index contributed by atoms with van der Waals surface area (Å²) in [5, 5.41) is 2.80. The molecule has 120 valence electrons. The topological polar surface area (TPSA) is 62.6 Å². The van der Waals surface area contributed by atoms with E-state index in [-0.39, 0.29) is 23.9 Å². The Morgan fingerprint density at radius 2 is 2.18 bits per heavy atom. The number of carbonyl (C=O) groups is 2. The lowest BCUT2D eigenvalue weighted by Crippen LogP contribution is -2.46. The lowest BCUT2D eigenvalue weighted by Gasteiger charge is -2.30. The molecule has 5 nitrogen and oxygen atoms in total. The van der Waals surface area contributed by atoms with Crippen LogP contribution in [0.4, 0.5) is 0 Å². The predicted octanol–water partition coefficient (Wildman–Crippen LogP) is 2.56. The molecule has 22 heavy (non-hydrogen) atoms. The van der Waals surface area contributed by atoms with Gasteiger partial charge in [0.1, 0.15) is 17.6 Å². The zero-order valence-corrected chi connectivity index (χ0v) is 13.1. The first-order valence-corrected chi connectivity index (χ1v) is 8.37. The van der Waals surface area contributed by atoms with Crippen molar-refractivity contribution in [2.75, 3.05) is 6.54 Å². The van der Waals surface area contributed by atoms with Crippen molar-refractivity contribution in [2.24, 2.45) is 0 Å². The summed E-state index contributed by atoms with van der Waals surface area (Å²) < 4.78 is 5.91. The second-order valence-corrected chi connectivity index (χ2v) is 6.21. The molecule has 5 heteroatoms. The van der Waals surface area contributed by atoms with Gasteiger partial charge in [-0.25, -0.2) is 0 Å². The van der Waals surface area contributed by atoms with Crippen molar-refractivity contribution in [2.45, 2.75) is 64.0 Å². The highest BCUT2D eigenvalue weighted by atomic mass is 16.3. The molecule has 1 aromatic rings. The Labute approximate surface area is 131 Å². The molecule has 2 fully saturated rings. The number of carbonyl (C=O) groups excluding carboxylic acids is 2. The maximum absolute atomic E-state index is 12.8. The van der Waals surface area contributed by atoms with Crippen LogP contribution in [0.5, 0.6) is 0 Å². The summed E-state index contributed by atoms with van der Waals surface area (Å²) in [6.07, 6.45) is 6.12. The molecule has 3 rings (SSSR count). The van der Waals surface area contributed by atoms with Gasteiger partial charge in [-0.15, -0.1) is 0 Å². The number of hydrogen-bond acceptors (Lipinski definition) is 3. The molecular formula is C17H24N2O3. The van der Waals surface area contributed by atoms with Crippen LogP contribution in [0.3, 0.4) is 0 Å². The van der Waals surface area contributed by atoms with E-state index in [9.17, 15) is 9.59 Å². The van der Waals surface area contributed by atoms with E-state index >= 15 is 0 Å². The van der Waals surface area contributed by atoms with Crippen LogP contribution < -0.4 is 5.32 Å². The molecular weight excluding hydrogens is 280 g/mol. The van der Waals surface area contributed by atoms with E-state index in [1.807, 2.05) is 17.0 Å². The number of nitrogens with zero attached hydrogens (tertiary/aromatic N) is 1. The van der Waals surface area contributed by atoms with Gasteiger partial charge in [-0.2, -0.15) is 0 Å². The monoisotopic (exact) mass is 304 g/mol. The summed E-state index contributed by atoms with van der Waals surface area (Å²) in [7, 11) is 0. The molecule has 2 amide bonds. The summed E-state index contributed by atoms with van der Waals surface area (Å²) in [5.74, 6) is 1.88. The molecule has 0 spiro atoms. The van der Waals surface area contributed by atoms with E-state index in [1.165, 1.54) is 0 Å². The maximum atomic E-state index is 12.8. The van der Waals surface area contributed by atoms with Crippen molar-refractivity contribution in [3.05, 3.63) is 23.7 Å². The van der Waals surface area contributed by atoms with E-state index < -0.39 is 0 Å². The third-order valence-electron chi connectivity index (χ3n) is 4.69. The van der Waals surface area contributed by atoms with Gasteiger partial charge >= 0.3 is 0 Å². The van der Waals surface area contributed by atoms with E-state index in [0.29, 0.717) is 12.8 Å². The SMILES string of the molecule is CCc1ccc([C@H]2CCCCCN2C(=O)[C@H]2CCC(=O)N2)o1. The highest BCUT2D eigenvalue weighted by Gasteiger charge is 2.36. The molecule has 1 aromatic heterocycles. The first-order valence-electron chi connectivity index (χ1n) is 8.37. The number of aryl methyl sites for hydroxylation is 1. The van der Waals surface area contributed by atoms with Gasteiger partial charge < -0.3 is 14.6 Å². The molecule has 0 radical (unpaired) electrons. The molecule has 0 unspecified atom stereocenters. The Morgan fingerprint density at radius 3 is 2.86 bits per heavy atom. The Bertz CT molecular complexity index is 552. The fraction of sp³-hybridized carbons (Fsp3) is 0.647. The lowest BCUT2D eigenvalue weighted by molar-refractivity contribution is -0.137. The molecule has 0 bridgehead atoms. The van der Waals surface area contributed by atoms with Gasteiger partial charge in [-0.05, 0) is 31.4 Å². The zero-order chi connectivity index (χ0) is 15.5. The van der Waals surface area contributed by atoms with Gasteiger partial charge in [-0.1, -0.05) is 19.8 Å². The van der Waals surface area contributed by atoms with Crippen LogP contribution in [0.2, 0.25) is 0 Å². The summed E-state index contributed by atoms with van der Waals surface area (Å²) >= 11 is 0. The largest absolute Gasteiger partial charge is 0.464 e. The predicted molar refractivity (Wildman–Crippen MR) is 82.2 cm³/mol. The minimum absolute atomic E-state index is 0.00722. The second-order valence-electron chi connectivity index (χ2n) is 6.21. The Hall–Kier alpha value is -1.78. The fourth-order valence-electron chi connectivity index (χ4n) is 3.43. The van der Waals surface area contributed by atoms with Crippen LogP contribution in [0.15, 0.2) is 16.5 Å². The van der Waals surface area contributed by atoms with E-state index in [2.05, 4.69) is 12.2 Å². The molecule has 0 aliphatic carbocycles. The van der Waals surface area contributed by atoms with E-state index in [0.717, 1.165) is 50.2 Å². The minimum Gasteiger partial charge on any atom is -0.464 e. The van der Waals surface area contributed by atoms with Gasteiger partial charge in [0.15, 0.2) is 0 Å². The van der Waals surface area contributed by atoms with Gasteiger partial charge in [0, 0.05) is 19.4 Å². The third-order valence-corrected chi connectivity index (χ3v) is 4.69. The summed E-state index contributed by atoms with van der Waals surface area (Å²) in [6.45, 7) is 2.81. The number of likely N-dealkylation sites (tertiary alicyclic amines) is 1. The fourth-order valence-corrected chi connectivity index (χ4v) is 3.43. The van der Waals surface area contributed by atoms with Crippen molar-refractivity contribution in [3.8, 4) is 0 Å². The molecule has 2 aliphatic heterocycles. The van der Waals surface area contributed by atoms with Crippen LogP contribution in [0.25, 0.3) is 0 Å². The highest BCUT2D eigenvalue weighted by molar-refractivity contribution is 5.91. The maximum Gasteiger partial charge on any atom is 0.245 e. The van der Waals surface area contributed by atoms with Gasteiger partial charge in [0.2, 0.25) is 11.8 Å². The van der Waals surface area contributed by atoms with Crippen LogP contribution in [-0.2, 0) is 16.0 Å². The smallest absolute Gasteiger partial charge is 0.245 e. The average Bonchev–Trinajstić information content (AvgIpc) is 3.10. The summed E-state index contributed by atoms with van der Waals surface area (Å²) in [6, 6.07) is 3.66. The molecule has 3 heterocycles. The van der Waals surface area contributed by atoms with Crippen LogP contribution in [0, 0.1) is 0 Å². The van der Waals surface area contributed by atoms with E-state index in [4.69, 9.17) is 4.42 Å². The highest BCUT2D eigenvalue weighted by Crippen LogP contribution is 2.32. The molecule has 0 aromatic carbocycles. The lowest BCUT2D eigenvalue weighted by atomic mass is 10.1. The number of furan rings is 1. The number of rotatable bonds is 3. The molecule has 2 atom stereocenters. The Morgan fingerprint density at radius 1 is 1.32 bits per heavy atom. The number of nitrogens with one attached hydrogen (secondary N) is 1. The first kappa shape index (κ1) is 15.1. The standard InChI is InChI=1S/C17H24N2O3/c1-2-12-7-9-15(22-12)14-6-4-3-5-11-19(14)17(21)13-8-10-16(20)18-13/h7,9,13-14H,2-6,8,10-11H2,1H3,(H,18,20)/t13-,14-/m1/s1. The van der Waals surface area contributed by atoms with Crippen molar-refractivity contribution in [1.29, 1.82) is 0 Å². The summed E-state index contributed by atoms with van der Waals surface area (Å²) in [5.41, 5.74) is 0. The molecule has 1 N–H and O–H groups in total. The third kappa shape index (κ3) is 3.03. The molecule has 2 aliphatic rings. The minimum atomic E-state index is -0.353. The summed E-state index contributed by atoms with van der Waals surface area (Å²) in [4.78, 5) is 26.2. The molecule has 0 saturated carbocycles. The molecule has 2 saturated heterocycles. The Kier molecular flexibility index (Phi) is 4.50. The Balaban J connectivity index is 1.81. The quantitative estimate of drug-likeness (QED) is 0.933. The van der Waals surface area contributed by atoms with Crippen molar-refractivity contribution < 1.29 is 14.0 Å². The van der Waals surface area contributed by atoms with Crippen molar-refractivity contribution in [3.63, 3.8) is 0 Å². The first-order chi connectivity index (χ1) is 10.7. The van der Waals surface area contributed by atoms with Gasteiger partial charge in [0.05, 0.1) is 6.04 Å². The normalized spacial score (nSPS) is 25.9.